The number of carbonyl (C=O) groups excluding carboxylic acids is 1. The molecule has 1 rings (SSSR count). The van der Waals surface area contributed by atoms with Crippen molar-refractivity contribution in [2.45, 2.75) is 38.8 Å². The normalized spacial score (nSPS) is 12.6. The minimum absolute atomic E-state index is 0.290. The number of carbonyl (C=O) groups is 2. The number of nitrogens with zero attached hydrogens (tertiary/aromatic N) is 1. The van der Waals surface area contributed by atoms with Crippen molar-refractivity contribution >= 4 is 23.7 Å². The van der Waals surface area contributed by atoms with E-state index in [9.17, 15) is 9.59 Å². The Morgan fingerprint density at radius 1 is 1.45 bits per heavy atom. The third-order valence-corrected chi connectivity index (χ3v) is 2.40. The molecule has 1 atom stereocenters. The molecule has 0 aromatic carbocycles. The third kappa shape index (κ3) is 5.88. The summed E-state index contributed by atoms with van der Waals surface area (Å²) in [4.78, 5) is 26.5. The zero-order valence-corrected chi connectivity index (χ0v) is 12.3. The van der Waals surface area contributed by atoms with Crippen LogP contribution in [0.5, 0.6) is 0 Å². The van der Waals surface area contributed by atoms with Crippen LogP contribution in [0.15, 0.2) is 18.5 Å². The SMILES string of the molecule is CC(C)(C)OC(=O)N[C@@H](CC(=O)O)c1cncc(Cl)c1. The van der Waals surface area contributed by atoms with Crippen molar-refractivity contribution in [3.8, 4) is 0 Å². The molecule has 0 unspecified atom stereocenters. The number of rotatable bonds is 4. The van der Waals surface area contributed by atoms with Gasteiger partial charge in [-0.25, -0.2) is 4.79 Å². The topological polar surface area (TPSA) is 88.5 Å². The molecule has 6 nitrogen and oxygen atoms in total. The maximum atomic E-state index is 11.7. The number of hydrogen-bond acceptors (Lipinski definition) is 4. The van der Waals surface area contributed by atoms with Gasteiger partial charge in [0.15, 0.2) is 0 Å². The van der Waals surface area contributed by atoms with Gasteiger partial charge in [0.1, 0.15) is 5.60 Å². The van der Waals surface area contributed by atoms with Crippen LogP contribution in [0.1, 0.15) is 38.8 Å². The number of aliphatic carboxylic acids is 1. The molecule has 2 N–H and O–H groups in total. The van der Waals surface area contributed by atoms with Crippen LogP contribution in [-0.4, -0.2) is 27.8 Å². The molecule has 0 aliphatic carbocycles. The Labute approximate surface area is 122 Å². The summed E-state index contributed by atoms with van der Waals surface area (Å²) in [5.74, 6) is -1.05. The van der Waals surface area contributed by atoms with Crippen LogP contribution in [0.2, 0.25) is 5.02 Å². The molecule has 0 aliphatic rings. The zero-order chi connectivity index (χ0) is 15.3. The van der Waals surface area contributed by atoms with Crippen molar-refractivity contribution in [3.63, 3.8) is 0 Å². The summed E-state index contributed by atoms with van der Waals surface area (Å²) < 4.78 is 5.11. The molecule has 0 fully saturated rings. The van der Waals surface area contributed by atoms with Crippen molar-refractivity contribution < 1.29 is 19.4 Å². The first-order valence-electron chi connectivity index (χ1n) is 5.99. The minimum Gasteiger partial charge on any atom is -0.481 e. The summed E-state index contributed by atoms with van der Waals surface area (Å²) in [7, 11) is 0. The average molecular weight is 301 g/mol. The van der Waals surface area contributed by atoms with Gasteiger partial charge in [0.05, 0.1) is 17.5 Å². The fraction of sp³-hybridized carbons (Fsp3) is 0.462. The predicted molar refractivity (Wildman–Crippen MR) is 73.6 cm³/mol. The van der Waals surface area contributed by atoms with E-state index in [1.165, 1.54) is 12.4 Å². The zero-order valence-electron chi connectivity index (χ0n) is 11.5. The lowest BCUT2D eigenvalue weighted by molar-refractivity contribution is -0.137. The molecule has 20 heavy (non-hydrogen) atoms. The van der Waals surface area contributed by atoms with E-state index >= 15 is 0 Å². The number of nitrogens with one attached hydrogen (secondary N) is 1. The van der Waals surface area contributed by atoms with Crippen LogP contribution in [0, 0.1) is 0 Å². The predicted octanol–water partition coefficient (Wildman–Crippen LogP) is 2.78. The Hall–Kier alpha value is -1.82. The number of alkyl carbamates (subject to hydrolysis) is 1. The fourth-order valence-electron chi connectivity index (χ4n) is 1.50. The van der Waals surface area contributed by atoms with Crippen LogP contribution in [0.25, 0.3) is 0 Å². The molecular formula is C13H17ClN2O4. The van der Waals surface area contributed by atoms with Gasteiger partial charge in [0, 0.05) is 12.4 Å². The number of carboxylic acids is 1. The Morgan fingerprint density at radius 3 is 2.60 bits per heavy atom. The van der Waals surface area contributed by atoms with E-state index in [0.717, 1.165) is 0 Å². The first-order valence-corrected chi connectivity index (χ1v) is 6.37. The molecule has 0 spiro atoms. The highest BCUT2D eigenvalue weighted by molar-refractivity contribution is 6.30. The van der Waals surface area contributed by atoms with Crippen molar-refractivity contribution in [1.82, 2.24) is 10.3 Å². The molecule has 1 amide bonds. The monoisotopic (exact) mass is 300 g/mol. The molecule has 0 saturated heterocycles. The quantitative estimate of drug-likeness (QED) is 0.892. The van der Waals surface area contributed by atoms with Crippen LogP contribution in [0.4, 0.5) is 4.79 Å². The van der Waals surface area contributed by atoms with Gasteiger partial charge >= 0.3 is 12.1 Å². The number of amides is 1. The molecule has 0 aliphatic heterocycles. The van der Waals surface area contributed by atoms with Crippen molar-refractivity contribution in [2.24, 2.45) is 0 Å². The molecule has 1 heterocycles. The lowest BCUT2D eigenvalue weighted by Gasteiger charge is -2.23. The Kier molecular flexibility index (Phi) is 5.33. The minimum atomic E-state index is -1.05. The third-order valence-electron chi connectivity index (χ3n) is 2.20. The number of pyridine rings is 1. The standard InChI is InChI=1S/C13H17ClN2O4/c1-13(2,3)20-12(19)16-10(5-11(17)18)8-4-9(14)7-15-6-8/h4,6-7,10H,5H2,1-3H3,(H,16,19)(H,17,18)/t10-/m0/s1. The second-order valence-corrected chi connectivity index (χ2v) is 5.67. The van der Waals surface area contributed by atoms with E-state index in [4.69, 9.17) is 21.4 Å². The number of halogens is 1. The lowest BCUT2D eigenvalue weighted by Crippen LogP contribution is -2.35. The summed E-state index contributed by atoms with van der Waals surface area (Å²) in [6.45, 7) is 5.17. The molecule has 1 aromatic heterocycles. The van der Waals surface area contributed by atoms with Crippen LogP contribution in [-0.2, 0) is 9.53 Å². The number of carboxylic acid groups (broad SMARTS) is 1. The van der Waals surface area contributed by atoms with Gasteiger partial charge in [-0.3, -0.25) is 9.78 Å². The molecule has 0 saturated carbocycles. The van der Waals surface area contributed by atoms with Crippen LogP contribution in [0.3, 0.4) is 0 Å². The molecule has 7 heteroatoms. The van der Waals surface area contributed by atoms with Gasteiger partial charge in [0.25, 0.3) is 0 Å². The highest BCUT2D eigenvalue weighted by Gasteiger charge is 2.22. The Morgan fingerprint density at radius 2 is 2.10 bits per heavy atom. The van der Waals surface area contributed by atoms with E-state index < -0.39 is 23.7 Å². The van der Waals surface area contributed by atoms with Crippen molar-refractivity contribution in [2.75, 3.05) is 0 Å². The Bertz CT molecular complexity index is 499. The molecule has 0 bridgehead atoms. The molecule has 0 radical (unpaired) electrons. The second kappa shape index (κ2) is 6.56. The van der Waals surface area contributed by atoms with Gasteiger partial charge in [0.2, 0.25) is 0 Å². The first-order chi connectivity index (χ1) is 9.17. The maximum absolute atomic E-state index is 11.7. The van der Waals surface area contributed by atoms with E-state index in [0.29, 0.717) is 10.6 Å². The van der Waals surface area contributed by atoms with E-state index in [-0.39, 0.29) is 6.42 Å². The van der Waals surface area contributed by atoms with Crippen molar-refractivity contribution in [3.05, 3.63) is 29.0 Å². The lowest BCUT2D eigenvalue weighted by atomic mass is 10.1. The molecule has 1 aromatic rings. The largest absolute Gasteiger partial charge is 0.481 e. The molecule has 110 valence electrons. The van der Waals surface area contributed by atoms with Gasteiger partial charge in [-0.05, 0) is 32.4 Å². The van der Waals surface area contributed by atoms with Gasteiger partial charge in [-0.15, -0.1) is 0 Å². The summed E-state index contributed by atoms with van der Waals surface area (Å²) in [5.41, 5.74) is -0.157. The highest BCUT2D eigenvalue weighted by atomic mass is 35.5. The highest BCUT2D eigenvalue weighted by Crippen LogP contribution is 2.20. The average Bonchev–Trinajstić information content (AvgIpc) is 2.24. The van der Waals surface area contributed by atoms with Crippen LogP contribution < -0.4 is 5.32 Å². The van der Waals surface area contributed by atoms with Gasteiger partial charge in [-0.2, -0.15) is 0 Å². The summed E-state index contributed by atoms with van der Waals surface area (Å²) in [5, 5.41) is 11.8. The van der Waals surface area contributed by atoms with Crippen molar-refractivity contribution in [1.29, 1.82) is 0 Å². The second-order valence-electron chi connectivity index (χ2n) is 5.23. The number of aromatic nitrogens is 1. The Balaban J connectivity index is 2.85. The van der Waals surface area contributed by atoms with E-state index in [1.807, 2.05) is 0 Å². The smallest absolute Gasteiger partial charge is 0.408 e. The molecular weight excluding hydrogens is 284 g/mol. The summed E-state index contributed by atoms with van der Waals surface area (Å²) in [6.07, 6.45) is 1.90. The maximum Gasteiger partial charge on any atom is 0.408 e. The van der Waals surface area contributed by atoms with E-state index in [2.05, 4.69) is 10.3 Å². The summed E-state index contributed by atoms with van der Waals surface area (Å²) >= 11 is 5.81. The van der Waals surface area contributed by atoms with Gasteiger partial charge in [-0.1, -0.05) is 11.6 Å². The van der Waals surface area contributed by atoms with E-state index in [1.54, 1.807) is 26.8 Å². The number of ether oxygens (including phenoxy) is 1. The number of hydrogen-bond donors (Lipinski definition) is 2. The summed E-state index contributed by atoms with van der Waals surface area (Å²) in [6, 6.07) is 0.799. The fourth-order valence-corrected chi connectivity index (χ4v) is 1.68. The van der Waals surface area contributed by atoms with Gasteiger partial charge < -0.3 is 15.2 Å². The van der Waals surface area contributed by atoms with Crippen LogP contribution >= 0.6 is 11.6 Å². The first kappa shape index (κ1) is 16.2.